The van der Waals surface area contributed by atoms with Gasteiger partial charge in [-0.2, -0.15) is 0 Å². The minimum absolute atomic E-state index is 0.412. The first-order valence-electron chi connectivity index (χ1n) is 7.45. The van der Waals surface area contributed by atoms with Crippen molar-refractivity contribution in [1.82, 2.24) is 4.90 Å². The summed E-state index contributed by atoms with van der Waals surface area (Å²) in [6, 6.07) is 0. The van der Waals surface area contributed by atoms with E-state index in [2.05, 4.69) is 11.8 Å². The van der Waals surface area contributed by atoms with E-state index in [1.807, 2.05) is 13.8 Å². The van der Waals surface area contributed by atoms with Gasteiger partial charge in [-0.1, -0.05) is 19.8 Å². The molecule has 0 aromatic carbocycles. The van der Waals surface area contributed by atoms with Gasteiger partial charge >= 0.3 is 0 Å². The van der Waals surface area contributed by atoms with Crippen molar-refractivity contribution in [2.45, 2.75) is 64.6 Å². The molecule has 0 spiro atoms. The highest BCUT2D eigenvalue weighted by molar-refractivity contribution is 4.82. The number of aliphatic hydroxyl groups is 1. The van der Waals surface area contributed by atoms with Crippen LogP contribution in [0, 0.1) is 5.92 Å². The predicted octanol–water partition coefficient (Wildman–Crippen LogP) is 2.67. The third-order valence-electron chi connectivity index (χ3n) is 4.40. The maximum Gasteiger partial charge on any atom is 0.0950 e. The Kier molecular flexibility index (Phi) is 6.61. The Balaban J connectivity index is 2.39. The predicted molar refractivity (Wildman–Crippen MR) is 75.8 cm³/mol. The number of hydrogen-bond acceptors (Lipinski definition) is 3. The summed E-state index contributed by atoms with van der Waals surface area (Å²) >= 11 is 0. The summed E-state index contributed by atoms with van der Waals surface area (Å²) in [5.74, 6) is 0.896. The third-order valence-corrected chi connectivity index (χ3v) is 4.40. The summed E-state index contributed by atoms with van der Waals surface area (Å²) in [6.07, 6.45) is 6.15. The van der Waals surface area contributed by atoms with Gasteiger partial charge in [0.05, 0.1) is 11.7 Å². The van der Waals surface area contributed by atoms with Gasteiger partial charge in [-0.15, -0.1) is 0 Å². The van der Waals surface area contributed by atoms with Crippen molar-refractivity contribution < 1.29 is 9.84 Å². The molecule has 1 fully saturated rings. The molecule has 1 aliphatic rings. The van der Waals surface area contributed by atoms with Crippen LogP contribution in [0.2, 0.25) is 0 Å². The zero-order valence-electron chi connectivity index (χ0n) is 12.6. The molecule has 1 rings (SSSR count). The van der Waals surface area contributed by atoms with Crippen LogP contribution in [0.1, 0.15) is 52.9 Å². The minimum Gasteiger partial charge on any atom is -0.389 e. The van der Waals surface area contributed by atoms with Crippen molar-refractivity contribution in [3.8, 4) is 0 Å². The molecule has 2 atom stereocenters. The fraction of sp³-hybridized carbons (Fsp3) is 1.00. The van der Waals surface area contributed by atoms with E-state index in [4.69, 9.17) is 4.74 Å². The van der Waals surface area contributed by atoms with Gasteiger partial charge in [0.25, 0.3) is 0 Å². The summed E-state index contributed by atoms with van der Waals surface area (Å²) in [6.45, 7) is 9.16. The van der Waals surface area contributed by atoms with Gasteiger partial charge in [0.1, 0.15) is 0 Å². The Morgan fingerprint density at radius 2 is 2.06 bits per heavy atom. The van der Waals surface area contributed by atoms with Gasteiger partial charge in [-0.3, -0.25) is 0 Å². The van der Waals surface area contributed by atoms with Gasteiger partial charge in [0, 0.05) is 13.7 Å². The molecule has 0 aliphatic carbocycles. The molecule has 0 amide bonds. The maximum absolute atomic E-state index is 10.2. The standard InChI is InChI=1S/C15H31NO2/c1-5-7-13-8-6-10-16(11-9-13)12-14(17)15(2,3)18-4/h13-14,17H,5-12H2,1-4H3. The molecule has 2 unspecified atom stereocenters. The van der Waals surface area contributed by atoms with Crippen LogP contribution in [-0.4, -0.2) is 48.5 Å². The SMILES string of the molecule is CCCC1CCCN(CC(O)C(C)(C)OC)CC1. The van der Waals surface area contributed by atoms with Crippen molar-refractivity contribution in [1.29, 1.82) is 0 Å². The highest BCUT2D eigenvalue weighted by Crippen LogP contribution is 2.23. The summed E-state index contributed by atoms with van der Waals surface area (Å²) in [4.78, 5) is 2.40. The Bertz CT molecular complexity index is 231. The topological polar surface area (TPSA) is 32.7 Å². The molecule has 1 saturated heterocycles. The first-order chi connectivity index (χ1) is 8.49. The molecule has 0 bridgehead atoms. The molecule has 0 aromatic rings. The van der Waals surface area contributed by atoms with E-state index in [9.17, 15) is 5.11 Å². The second kappa shape index (κ2) is 7.46. The number of rotatable bonds is 6. The second-order valence-corrected chi connectivity index (χ2v) is 6.21. The number of likely N-dealkylation sites (tertiary alicyclic amines) is 1. The van der Waals surface area contributed by atoms with Crippen molar-refractivity contribution in [2.24, 2.45) is 5.92 Å². The number of β-amino-alcohol motifs (C(OH)–C–C–N with tert-alkyl or cyclic N) is 1. The Hall–Kier alpha value is -0.120. The van der Waals surface area contributed by atoms with E-state index in [-0.39, 0.29) is 0 Å². The van der Waals surface area contributed by atoms with Gasteiger partial charge < -0.3 is 14.7 Å². The smallest absolute Gasteiger partial charge is 0.0950 e. The van der Waals surface area contributed by atoms with Crippen LogP contribution in [0.5, 0.6) is 0 Å². The van der Waals surface area contributed by atoms with E-state index in [0.29, 0.717) is 0 Å². The molecule has 1 heterocycles. The number of methoxy groups -OCH3 is 1. The van der Waals surface area contributed by atoms with Crippen LogP contribution in [0.15, 0.2) is 0 Å². The highest BCUT2D eigenvalue weighted by atomic mass is 16.5. The molecule has 108 valence electrons. The molecule has 3 nitrogen and oxygen atoms in total. The van der Waals surface area contributed by atoms with Crippen LogP contribution in [0.4, 0.5) is 0 Å². The molecule has 0 aromatic heterocycles. The number of aliphatic hydroxyl groups excluding tert-OH is 1. The summed E-state index contributed by atoms with van der Waals surface area (Å²) in [5.41, 5.74) is -0.449. The van der Waals surface area contributed by atoms with Crippen molar-refractivity contribution >= 4 is 0 Å². The van der Waals surface area contributed by atoms with Gasteiger partial charge in [-0.05, 0) is 52.1 Å². The molecular formula is C15H31NO2. The molecule has 18 heavy (non-hydrogen) atoms. The molecule has 0 radical (unpaired) electrons. The van der Waals surface area contributed by atoms with Crippen LogP contribution in [-0.2, 0) is 4.74 Å². The largest absolute Gasteiger partial charge is 0.389 e. The zero-order valence-corrected chi connectivity index (χ0v) is 12.6. The average Bonchev–Trinajstić information content (AvgIpc) is 2.55. The molecule has 0 saturated carbocycles. The maximum atomic E-state index is 10.2. The van der Waals surface area contributed by atoms with E-state index >= 15 is 0 Å². The van der Waals surface area contributed by atoms with Crippen molar-refractivity contribution in [3.05, 3.63) is 0 Å². The van der Waals surface area contributed by atoms with Crippen LogP contribution < -0.4 is 0 Å². The summed E-state index contributed by atoms with van der Waals surface area (Å²) < 4.78 is 5.36. The van der Waals surface area contributed by atoms with Crippen LogP contribution in [0.3, 0.4) is 0 Å². The average molecular weight is 257 g/mol. The van der Waals surface area contributed by atoms with Crippen molar-refractivity contribution in [2.75, 3.05) is 26.7 Å². The number of hydrogen-bond donors (Lipinski definition) is 1. The lowest BCUT2D eigenvalue weighted by Crippen LogP contribution is -2.46. The Labute approximate surface area is 113 Å². The third kappa shape index (κ3) is 4.87. The fourth-order valence-electron chi connectivity index (χ4n) is 2.70. The number of ether oxygens (including phenoxy) is 1. The van der Waals surface area contributed by atoms with E-state index in [0.717, 1.165) is 25.6 Å². The molecule has 3 heteroatoms. The van der Waals surface area contributed by atoms with Crippen LogP contribution in [0.25, 0.3) is 0 Å². The van der Waals surface area contributed by atoms with E-state index < -0.39 is 11.7 Å². The molecule has 1 N–H and O–H groups in total. The first-order valence-corrected chi connectivity index (χ1v) is 7.45. The lowest BCUT2D eigenvalue weighted by molar-refractivity contribution is -0.0874. The minimum atomic E-state index is -0.449. The highest BCUT2D eigenvalue weighted by Gasteiger charge is 2.29. The van der Waals surface area contributed by atoms with Gasteiger partial charge in [0.15, 0.2) is 0 Å². The Morgan fingerprint density at radius 3 is 2.67 bits per heavy atom. The molecule has 1 aliphatic heterocycles. The van der Waals surface area contributed by atoms with E-state index in [1.54, 1.807) is 7.11 Å². The quantitative estimate of drug-likeness (QED) is 0.794. The zero-order chi connectivity index (χ0) is 13.6. The lowest BCUT2D eigenvalue weighted by Gasteiger charge is -2.33. The fourth-order valence-corrected chi connectivity index (χ4v) is 2.70. The van der Waals surface area contributed by atoms with E-state index in [1.165, 1.54) is 32.1 Å². The molecular weight excluding hydrogens is 226 g/mol. The van der Waals surface area contributed by atoms with Gasteiger partial charge in [-0.25, -0.2) is 0 Å². The van der Waals surface area contributed by atoms with Gasteiger partial charge in [0.2, 0.25) is 0 Å². The lowest BCUT2D eigenvalue weighted by atomic mass is 9.96. The Morgan fingerprint density at radius 1 is 1.33 bits per heavy atom. The summed E-state index contributed by atoms with van der Waals surface area (Å²) in [5, 5.41) is 10.2. The summed E-state index contributed by atoms with van der Waals surface area (Å²) in [7, 11) is 1.67. The normalized spacial score (nSPS) is 24.8. The number of nitrogens with zero attached hydrogens (tertiary/aromatic N) is 1. The first kappa shape index (κ1) is 15.9. The van der Waals surface area contributed by atoms with Crippen LogP contribution >= 0.6 is 0 Å². The monoisotopic (exact) mass is 257 g/mol. The van der Waals surface area contributed by atoms with Crippen molar-refractivity contribution in [3.63, 3.8) is 0 Å². The second-order valence-electron chi connectivity index (χ2n) is 6.21.